The first-order valence-corrected chi connectivity index (χ1v) is 27.7. The molecule has 2 aliphatic carbocycles. The maximum absolute atomic E-state index is 15.6. The Labute approximate surface area is 443 Å². The van der Waals surface area contributed by atoms with Crippen LogP contribution in [0, 0.1) is 27.9 Å². The molecule has 5 aromatic carbocycles. The van der Waals surface area contributed by atoms with Crippen molar-refractivity contribution in [2.24, 2.45) is 22.9 Å². The molecule has 6 atom stereocenters. The molecule has 2 N–H and O–H groups in total. The molecule has 3 aliphatic rings. The minimum absolute atomic E-state index is 0.0123. The van der Waals surface area contributed by atoms with E-state index in [2.05, 4.69) is 49.9 Å². The third-order valence-electron chi connectivity index (χ3n) is 15.6. The summed E-state index contributed by atoms with van der Waals surface area (Å²) in [7, 11) is 0. The highest BCUT2D eigenvalue weighted by atomic mass is 16.7. The topological polar surface area (TPSA) is 153 Å². The number of hydrogen-bond acceptors (Lipinski definition) is 10. The highest BCUT2D eigenvalue weighted by Gasteiger charge is 2.65. The number of aliphatic hydroxyl groups excluding tert-OH is 2. The van der Waals surface area contributed by atoms with Crippen LogP contribution in [0.25, 0.3) is 10.8 Å². The lowest BCUT2D eigenvalue weighted by Crippen LogP contribution is -2.70. The molecule has 12 heteroatoms. The van der Waals surface area contributed by atoms with Gasteiger partial charge in [-0.3, -0.25) is 14.9 Å². The normalized spacial score (nSPS) is 21.1. The molecule has 0 radical (unpaired) electrons. The zero-order valence-corrected chi connectivity index (χ0v) is 43.9. The lowest BCUT2D eigenvalue weighted by molar-refractivity contribution is -0.384. The van der Waals surface area contributed by atoms with Gasteiger partial charge in [-0.05, 0) is 95.7 Å². The van der Waals surface area contributed by atoms with Crippen molar-refractivity contribution < 1.29 is 39.0 Å². The lowest BCUT2D eigenvalue weighted by Gasteiger charge is -2.60. The Kier molecular flexibility index (Phi) is 20.1. The Morgan fingerprint density at radius 3 is 2.29 bits per heavy atom. The van der Waals surface area contributed by atoms with E-state index in [1.54, 1.807) is 18.2 Å². The molecule has 6 unspecified atom stereocenters. The first-order valence-electron chi connectivity index (χ1n) is 27.7. The van der Waals surface area contributed by atoms with Crippen molar-refractivity contribution in [3.8, 4) is 17.2 Å². The number of oxime groups is 1. The van der Waals surface area contributed by atoms with Crippen LogP contribution in [0.2, 0.25) is 0 Å². The molecule has 12 nitrogen and oxygen atoms in total. The summed E-state index contributed by atoms with van der Waals surface area (Å²) in [4.78, 5) is 35.4. The molecule has 0 aromatic heterocycles. The van der Waals surface area contributed by atoms with Gasteiger partial charge in [0.1, 0.15) is 29.9 Å². The number of nitrogens with zero attached hydrogens (tertiary/aromatic N) is 3. The number of carbonyl (C=O) groups excluding carboxylic acids is 1. The average Bonchev–Trinajstić information content (AvgIpc) is 3.53. The summed E-state index contributed by atoms with van der Waals surface area (Å²) in [6, 6.07) is 35.7. The second kappa shape index (κ2) is 27.4. The molecule has 0 bridgehead atoms. The Hall–Kier alpha value is -6.34. The monoisotopic (exact) mass is 1020 g/mol. The smallest absolute Gasteiger partial charge is 0.273 e. The number of rotatable bonds is 30. The number of allylic oxidation sites excluding steroid dienone is 1. The van der Waals surface area contributed by atoms with E-state index in [-0.39, 0.29) is 62.2 Å². The van der Waals surface area contributed by atoms with Gasteiger partial charge in [-0.25, -0.2) is 0 Å². The number of ether oxygens (including phenoxy) is 3. The Balaban J connectivity index is 1.29. The number of benzene rings is 5. The number of unbranched alkanes of at least 4 members (excludes halogenated alkanes) is 10. The van der Waals surface area contributed by atoms with Gasteiger partial charge in [0.25, 0.3) is 5.69 Å². The molecule has 0 spiro atoms. The van der Waals surface area contributed by atoms with Crippen molar-refractivity contribution >= 4 is 28.1 Å². The maximum Gasteiger partial charge on any atom is 0.273 e. The van der Waals surface area contributed by atoms with Crippen LogP contribution in [-0.2, 0) is 27.5 Å². The molecule has 1 amide bonds. The summed E-state index contributed by atoms with van der Waals surface area (Å²) in [6.45, 7) is 7.20. The second-order valence-electron chi connectivity index (χ2n) is 20.6. The van der Waals surface area contributed by atoms with Gasteiger partial charge < -0.3 is 34.2 Å². The molecule has 1 heterocycles. The fourth-order valence-electron chi connectivity index (χ4n) is 12.0. The number of hydrogen-bond donors (Lipinski definition) is 2. The number of non-ortho nitro benzene ring substituents is 1. The van der Waals surface area contributed by atoms with Crippen LogP contribution < -0.4 is 9.47 Å². The van der Waals surface area contributed by atoms with Gasteiger partial charge in [0.15, 0.2) is 0 Å². The number of aliphatic hydroxyl groups is 2. The van der Waals surface area contributed by atoms with Gasteiger partial charge in [0.2, 0.25) is 11.7 Å². The third-order valence-corrected chi connectivity index (χ3v) is 15.6. The van der Waals surface area contributed by atoms with Crippen molar-refractivity contribution in [3.05, 3.63) is 166 Å². The highest BCUT2D eigenvalue weighted by molar-refractivity contribution is 6.03. The van der Waals surface area contributed by atoms with Crippen molar-refractivity contribution in [2.75, 3.05) is 19.8 Å². The summed E-state index contributed by atoms with van der Waals surface area (Å²) in [5.74, 6) is -0.850. The van der Waals surface area contributed by atoms with Crippen LogP contribution in [0.1, 0.15) is 139 Å². The first-order chi connectivity index (χ1) is 36.8. The van der Waals surface area contributed by atoms with E-state index in [0.717, 1.165) is 90.1 Å². The quantitative estimate of drug-likeness (QED) is 0.0198. The Morgan fingerprint density at radius 2 is 1.53 bits per heavy atom. The van der Waals surface area contributed by atoms with Crippen LogP contribution in [0.5, 0.6) is 17.2 Å². The third kappa shape index (κ3) is 13.6. The SMILES string of the molecule is C=CCOC12Oc3ccc(Oc4cccc([N+](=O)[O-])c4)cc3C3C(CCCCO)C(CCCCO)C=C(C(=NOCc4ccccc4)CC1N(Cc1cccc4ccccc14)C(=O)CCCCCCCCCCC)C32. The number of carbonyl (C=O) groups is 1. The first kappa shape index (κ1) is 54.9. The summed E-state index contributed by atoms with van der Waals surface area (Å²) >= 11 is 0. The molecule has 1 fully saturated rings. The van der Waals surface area contributed by atoms with E-state index in [0.29, 0.717) is 43.1 Å². The fourth-order valence-corrected chi connectivity index (χ4v) is 12.0. The van der Waals surface area contributed by atoms with Crippen LogP contribution >= 0.6 is 0 Å². The average molecular weight is 1020 g/mol. The summed E-state index contributed by atoms with van der Waals surface area (Å²) in [6.07, 6.45) is 19.3. The number of fused-ring (bicyclic) bond motifs is 3. The highest BCUT2D eigenvalue weighted by Crippen LogP contribution is 2.62. The number of nitro groups is 1. The molecule has 398 valence electrons. The molecule has 0 saturated heterocycles. The van der Waals surface area contributed by atoms with Crippen molar-refractivity contribution in [2.45, 2.75) is 147 Å². The van der Waals surface area contributed by atoms with Crippen LogP contribution in [0.3, 0.4) is 0 Å². The van der Waals surface area contributed by atoms with Gasteiger partial charge in [-0.1, -0.05) is 167 Å². The molecule has 8 rings (SSSR count). The fraction of sp³-hybridized carbons (Fsp3) is 0.460. The van der Waals surface area contributed by atoms with Crippen molar-refractivity contribution in [1.29, 1.82) is 0 Å². The van der Waals surface area contributed by atoms with Crippen LogP contribution in [-0.4, -0.2) is 63.3 Å². The standard InChI is InChI=1S/C63H77N3O9/c1-3-5-6-7-8-9-10-11-15-34-60(69)65(44-49-29-22-28-47-26-16-17-32-53(47)49)59-43-57(64-73-45-46-24-13-12-14-25-46)55-40-48(27-18-20-37-67)54(33-19-21-38-68)61-56-42-52(74-51-31-23-30-50(41-51)66(70)71)35-36-58(56)75-63(59,62(55)61)72-39-4-2/h4,12-14,16-17,22-26,28-32,35-36,40-42,48,54,59,61-62,67-68H,2-3,5-11,15,18-21,27,33-34,37-39,43-45H2,1H3. The summed E-state index contributed by atoms with van der Waals surface area (Å²) in [5.41, 5.74) is 4.45. The minimum atomic E-state index is -1.46. The Morgan fingerprint density at radius 1 is 0.827 bits per heavy atom. The number of nitro benzene ring substituents is 1. The van der Waals surface area contributed by atoms with Gasteiger partial charge in [0, 0.05) is 50.1 Å². The van der Waals surface area contributed by atoms with E-state index in [9.17, 15) is 20.3 Å². The van der Waals surface area contributed by atoms with Gasteiger partial charge in [-0.2, -0.15) is 0 Å². The van der Waals surface area contributed by atoms with Gasteiger partial charge in [-0.15, -0.1) is 6.58 Å². The summed E-state index contributed by atoms with van der Waals surface area (Å²) in [5, 5.41) is 39.3. The van der Waals surface area contributed by atoms with Crippen molar-refractivity contribution in [1.82, 2.24) is 4.90 Å². The Bertz CT molecular complexity index is 2720. The molecule has 5 aromatic rings. The lowest BCUT2D eigenvalue weighted by atomic mass is 9.55. The predicted molar refractivity (Wildman–Crippen MR) is 296 cm³/mol. The molecule has 75 heavy (non-hydrogen) atoms. The maximum atomic E-state index is 15.6. The zero-order valence-electron chi connectivity index (χ0n) is 43.9. The minimum Gasteiger partial charge on any atom is -0.459 e. The molecule has 1 saturated carbocycles. The van der Waals surface area contributed by atoms with Crippen LogP contribution in [0.15, 0.2) is 145 Å². The molecule has 1 aliphatic heterocycles. The van der Waals surface area contributed by atoms with E-state index >= 15 is 4.79 Å². The van der Waals surface area contributed by atoms with Crippen LogP contribution in [0.4, 0.5) is 5.69 Å². The van der Waals surface area contributed by atoms with E-state index in [1.807, 2.05) is 65.6 Å². The van der Waals surface area contributed by atoms with Crippen molar-refractivity contribution in [3.63, 3.8) is 0 Å². The van der Waals surface area contributed by atoms with E-state index in [4.69, 9.17) is 24.2 Å². The number of amides is 1. The van der Waals surface area contributed by atoms with E-state index in [1.165, 1.54) is 44.2 Å². The second-order valence-corrected chi connectivity index (χ2v) is 20.6. The molecular formula is C63H77N3O9. The largest absolute Gasteiger partial charge is 0.459 e. The predicted octanol–water partition coefficient (Wildman–Crippen LogP) is 14.3. The summed E-state index contributed by atoms with van der Waals surface area (Å²) < 4.78 is 21.4. The molecular weight excluding hydrogens is 943 g/mol. The van der Waals surface area contributed by atoms with Gasteiger partial charge >= 0.3 is 0 Å². The van der Waals surface area contributed by atoms with E-state index < -0.39 is 22.7 Å². The zero-order chi connectivity index (χ0) is 52.4. The van der Waals surface area contributed by atoms with Gasteiger partial charge in [0.05, 0.1) is 29.2 Å².